The van der Waals surface area contributed by atoms with Gasteiger partial charge in [0.1, 0.15) is 46.0 Å². The van der Waals surface area contributed by atoms with Gasteiger partial charge in [-0.25, -0.2) is 0 Å². The summed E-state index contributed by atoms with van der Waals surface area (Å²) >= 11 is 0. The van der Waals surface area contributed by atoms with Gasteiger partial charge in [0.25, 0.3) is 4.29 Å². The van der Waals surface area contributed by atoms with Gasteiger partial charge in [-0.3, -0.25) is 0 Å². The Bertz CT molecular complexity index is 7110. The van der Waals surface area contributed by atoms with E-state index in [0.29, 0.717) is 159 Å². The van der Waals surface area contributed by atoms with E-state index in [1.54, 1.807) is 178 Å². The van der Waals surface area contributed by atoms with Crippen LogP contribution in [0.25, 0.3) is 0 Å². The van der Waals surface area contributed by atoms with Crippen molar-refractivity contribution in [2.45, 2.75) is 250 Å². The molecule has 812 valence electrons. The summed E-state index contributed by atoms with van der Waals surface area (Å²) in [5.74, 6) is -6.45. The predicted octanol–water partition coefficient (Wildman–Crippen LogP) is 19.3. The van der Waals surface area contributed by atoms with Crippen molar-refractivity contribution in [1.82, 2.24) is 39.2 Å². The molecule has 8 aliphatic rings. The molecule has 24 nitrogen and oxygen atoms in total. The largest absolute Gasteiger partial charge is 0.508 e. The van der Waals surface area contributed by atoms with E-state index in [4.69, 9.17) is 106 Å². The number of phenols is 6. The third-order valence-corrected chi connectivity index (χ3v) is 28.2. The number of aliphatic hydroxyl groups is 8. The first-order valence-corrected chi connectivity index (χ1v) is 50.5. The second kappa shape index (κ2) is 57.1. The number of rotatable bonds is 35. The lowest BCUT2D eigenvalue weighted by molar-refractivity contribution is -0.0621. The third-order valence-electron chi connectivity index (χ3n) is 28.2. The van der Waals surface area contributed by atoms with Gasteiger partial charge >= 0.3 is 0 Å². The van der Waals surface area contributed by atoms with Gasteiger partial charge < -0.3 is 120 Å². The third kappa shape index (κ3) is 34.3. The lowest BCUT2D eigenvalue weighted by atomic mass is 9.71. The molecule has 0 saturated heterocycles. The molecular weight excluding hydrogens is 1830 g/mol. The molecule has 146 heavy (non-hydrogen) atoms. The Morgan fingerprint density at radius 2 is 0.493 bits per heavy atom. The molecule has 0 aliphatic heterocycles. The Kier molecular flexibility index (Phi) is 26.8. The van der Waals surface area contributed by atoms with Crippen LogP contribution in [0.2, 0.25) is 0 Å². The Labute approximate surface area is 944 Å². The van der Waals surface area contributed by atoms with Crippen LogP contribution in [0.15, 0.2) is 194 Å². The second-order valence-electron chi connectivity index (χ2n) is 40.0. The van der Waals surface area contributed by atoms with Crippen LogP contribution in [0.5, 0.6) is 46.0 Å². The van der Waals surface area contributed by atoms with E-state index < -0.39 is 193 Å². The summed E-state index contributed by atoms with van der Waals surface area (Å²) in [6.07, 6.45) is 11.4. The molecule has 0 spiro atoms. The number of benzene rings is 8. The van der Waals surface area contributed by atoms with E-state index >= 15 is 0 Å². The molecule has 24 heteroatoms. The fourth-order valence-corrected chi connectivity index (χ4v) is 21.1. The van der Waals surface area contributed by atoms with Crippen LogP contribution in [0.3, 0.4) is 0 Å². The molecule has 0 unspecified atom stereocenters. The van der Waals surface area contributed by atoms with Crippen molar-refractivity contribution >= 4 is 0 Å². The fraction of sp³-hybridized carbons (Fsp3) is 0.607. The summed E-state index contributed by atoms with van der Waals surface area (Å²) in [4.78, 5) is 7.23. The number of hydrogen-bond acceptors (Lipinski definition) is 24. The monoisotopic (exact) mass is 2070 g/mol. The molecule has 8 aliphatic carbocycles. The van der Waals surface area contributed by atoms with Crippen LogP contribution in [-0.2, 0) is 44.8 Å². The summed E-state index contributed by atoms with van der Waals surface area (Å²) < 4.78 is 389. The number of nitrogens with zero attached hydrogens (tertiary/aromatic N) is 8. The highest BCUT2D eigenvalue weighted by atomic mass is 16.5. The zero-order chi connectivity index (χ0) is 147. The van der Waals surface area contributed by atoms with Crippen molar-refractivity contribution in [2.24, 2.45) is 47.3 Å². The average molecular weight is 2070 g/mol. The average Bonchev–Trinajstić information content (AvgIpc) is 0.710. The molecule has 0 bridgehead atoms. The summed E-state index contributed by atoms with van der Waals surface area (Å²) in [6, 6.07) is 51.3. The summed E-state index contributed by atoms with van der Waals surface area (Å²) in [6.45, 7) is -33.8. The van der Waals surface area contributed by atoms with Crippen molar-refractivity contribution in [3.8, 4) is 46.0 Å². The van der Waals surface area contributed by atoms with E-state index in [1.807, 2.05) is 25.1 Å². The first-order chi connectivity index (χ1) is 89.5. The Morgan fingerprint density at radius 3 is 0.726 bits per heavy atom. The number of methoxy groups -OCH3 is 2. The van der Waals surface area contributed by atoms with Crippen molar-refractivity contribution in [2.75, 3.05) is 179 Å². The quantitative estimate of drug-likeness (QED) is 0.0175. The van der Waals surface area contributed by atoms with Crippen molar-refractivity contribution < 1.29 is 134 Å². The minimum Gasteiger partial charge on any atom is -0.508 e. The van der Waals surface area contributed by atoms with Crippen molar-refractivity contribution in [1.29, 1.82) is 12.9 Å². The van der Waals surface area contributed by atoms with E-state index in [0.717, 1.165) is 66.1 Å². The zero-order valence-corrected chi connectivity index (χ0v) is 86.4. The van der Waals surface area contributed by atoms with Crippen LogP contribution in [0.4, 0.5) is 0 Å². The van der Waals surface area contributed by atoms with Crippen LogP contribution >= 0.6 is 0 Å². The van der Waals surface area contributed by atoms with Gasteiger partial charge in [0, 0.05) is 153 Å². The Balaban J connectivity index is 0.000000241. The minimum absolute atomic E-state index is 0.00187. The molecule has 8 aromatic carbocycles. The fourth-order valence-electron chi connectivity index (χ4n) is 21.1. The van der Waals surface area contributed by atoms with Gasteiger partial charge in [-0.1, -0.05) is 200 Å². The maximum Gasteiger partial charge on any atom is 0.293 e. The Morgan fingerprint density at radius 1 is 0.274 bits per heavy atom. The number of phenolic OH excluding ortho intramolecular Hbond substituents is 6. The molecule has 0 amide bonds. The highest BCUT2D eigenvalue weighted by Crippen LogP contribution is 2.51. The summed E-state index contributed by atoms with van der Waals surface area (Å²) in [5.41, 5.74) is -8.23. The van der Waals surface area contributed by atoms with E-state index in [9.17, 15) is 25.5 Å². The maximum absolute atomic E-state index is 11.5. The SMILES string of the molecule is [2H]C([2H])([2H])N(C)C[C@]1([2H])CCCC([2H])([2H])[C@@]1(O)c1cccc(OC)c1.[2H]C1([2H])CCC[C@@]([2H])(CN(C)C)[C@]1(O)c1cccc(OC)c1.[2H]O[C@@]1(c2cccc(O)c2)CCCC[C@H]1C([2H])([2H])N(C([2H])([2H])[2H])C([2H])([2H])[2H].[2H]O[C@@]1(c2cccc(O)c2)CCCC[C@H]1C([2H])([2H])N(C)C.[2H]O[C@@]1(c2cccc(O)c2)CCCC[C@H]1C([2H])([2H])N(C)C([2H])([2H])[2H].[2H]Oc1cccc([C@]2(O[2H])CCCC[C@H]2C([2H])([2H])N(C([2H])([2H])[2H])C([2H])([2H])[2H])c1.[2H]Oc1cccc([C@]2(O[2H])CCCC[C@H]2C([2H])([2H])N(C)C([2H])([2H])[2H])c1.[2H]Oc1cccc([C@]2(O[2H])CCCC[C@H]2C([2H])([2H])N(C)C)c1. The molecular formula is C122H188N8O16. The van der Waals surface area contributed by atoms with Gasteiger partial charge in [-0.15, -0.1) is 0 Å². The predicted molar refractivity (Wildman–Crippen MR) is 590 cm³/mol. The summed E-state index contributed by atoms with van der Waals surface area (Å²) in [5, 5.41) is 96.2. The molecule has 8 aromatic rings. The van der Waals surface area contributed by atoms with Gasteiger partial charge in [0.15, 0.2) is 0 Å². The standard InChI is InChI=1S/2C16H25NO2.6C15H23NO2/c2*1-17(2)12-14-7-4-5-10-16(14,18)13-8-6-9-15(11-13)19-3;6*1-16(2)11-13-6-3-4-9-15(13,18)12-7-5-8-14(17)10-12/h2*6,8-9,11,14,18H,4-5,7,10,12H2,1-3H3;6*5,7-8,10,13,17-18H,3-4,6,9,11H2,1-2H3/t2*14-,16+;6*13-,15+/m00000000/s1/i1D3,10D2,14D;10D2,14D;2*1D3,2D3,11D2,18D;2*1D3,11D2,18D;2*11D2,18D/hD3. The molecule has 0 heterocycles. The number of hydrogen-bond donors (Lipinski definition) is 14. The second-order valence-corrected chi connectivity index (χ2v) is 40.0. The first kappa shape index (κ1) is 68.4. The molecule has 14 N–H and O–H groups in total. The zero-order valence-electron chi connectivity index (χ0n) is 134. The smallest absolute Gasteiger partial charge is 0.293 e. The molecule has 0 aromatic heterocycles. The Hall–Kier alpha value is -8.48. The molecule has 16 rings (SSSR count). The van der Waals surface area contributed by atoms with E-state index in [2.05, 4.69) is 15.3 Å². The minimum atomic E-state index is -3.23. The molecule has 0 radical (unpaired) electrons. The highest BCUT2D eigenvalue weighted by Gasteiger charge is 2.49. The lowest BCUT2D eigenvalue weighted by Crippen LogP contribution is -2.43. The van der Waals surface area contributed by atoms with Crippen molar-refractivity contribution in [3.63, 3.8) is 0 Å². The molecule has 8 saturated carbocycles. The van der Waals surface area contributed by atoms with E-state index in [1.165, 1.54) is 83.9 Å². The maximum atomic E-state index is 11.5. The topological polar surface area (TPSA) is 328 Å². The normalized spacial score (nSPS) is 35.9. The molecule has 16 atom stereocenters. The van der Waals surface area contributed by atoms with Crippen molar-refractivity contribution in [3.05, 3.63) is 239 Å². The molecule has 8 fully saturated rings. The van der Waals surface area contributed by atoms with E-state index in [-0.39, 0.29) is 95.6 Å². The first-order valence-electron chi connectivity index (χ1n) is 73.6. The summed E-state index contributed by atoms with van der Waals surface area (Å²) in [7, 11) is 17.3. The highest BCUT2D eigenvalue weighted by molar-refractivity contribution is 5.40. The van der Waals surface area contributed by atoms with Crippen LogP contribution in [0.1, 0.15) is 303 Å². The lowest BCUT2D eigenvalue weighted by Gasteiger charge is -2.41. The van der Waals surface area contributed by atoms with Gasteiger partial charge in [0.05, 0.1) is 59.0 Å². The number of aromatic hydroxyl groups is 6. The van der Waals surface area contributed by atoms with Crippen LogP contribution in [0, 0.1) is 47.3 Å². The van der Waals surface area contributed by atoms with Gasteiger partial charge in [-0.05, 0) is 356 Å². The van der Waals surface area contributed by atoms with Gasteiger partial charge in [0.2, 0.25) is 8.59 Å². The van der Waals surface area contributed by atoms with Crippen LogP contribution in [-0.4, -0.2) is 302 Å². The number of ether oxygens (including phenoxy) is 2. The van der Waals surface area contributed by atoms with Crippen LogP contribution < -0.4 is 9.47 Å². The van der Waals surface area contributed by atoms with Gasteiger partial charge in [-0.2, -0.15) is 0 Å².